The largest absolute Gasteiger partial charge is 0.431 e. The van der Waals surface area contributed by atoms with Crippen LogP contribution in [0.25, 0.3) is 0 Å². The lowest BCUT2D eigenvalue weighted by Gasteiger charge is -2.27. The number of hydrogen-bond acceptors (Lipinski definition) is 3. The Morgan fingerprint density at radius 2 is 1.68 bits per heavy atom. The Balaban J connectivity index is 1.81. The van der Waals surface area contributed by atoms with Crippen molar-refractivity contribution >= 4 is 12.0 Å². The van der Waals surface area contributed by atoms with Gasteiger partial charge in [0.2, 0.25) is 6.10 Å². The van der Waals surface area contributed by atoms with Gasteiger partial charge in [-0.1, -0.05) is 49.6 Å². The zero-order chi connectivity index (χ0) is 13.2. The van der Waals surface area contributed by atoms with Crippen molar-refractivity contribution in [1.29, 1.82) is 0 Å². The molecule has 1 heterocycles. The number of amides is 2. The summed E-state index contributed by atoms with van der Waals surface area (Å²) in [5.74, 6) is -0.205. The molecule has 1 saturated carbocycles. The van der Waals surface area contributed by atoms with Crippen LogP contribution in [0.2, 0.25) is 0 Å². The van der Waals surface area contributed by atoms with Gasteiger partial charge < -0.3 is 4.74 Å². The van der Waals surface area contributed by atoms with Crippen LogP contribution in [0.1, 0.15) is 43.8 Å². The van der Waals surface area contributed by atoms with E-state index in [9.17, 15) is 9.59 Å². The molecule has 0 aromatic heterocycles. The number of rotatable bonds is 2. The van der Waals surface area contributed by atoms with Gasteiger partial charge in [0.1, 0.15) is 0 Å². The van der Waals surface area contributed by atoms with Crippen molar-refractivity contribution in [2.24, 2.45) is 0 Å². The van der Waals surface area contributed by atoms with Gasteiger partial charge in [0.05, 0.1) is 0 Å². The van der Waals surface area contributed by atoms with Gasteiger partial charge in [-0.3, -0.25) is 4.79 Å². The highest BCUT2D eigenvalue weighted by atomic mass is 16.6. The van der Waals surface area contributed by atoms with E-state index >= 15 is 0 Å². The van der Waals surface area contributed by atoms with Crippen LogP contribution in [0.5, 0.6) is 0 Å². The van der Waals surface area contributed by atoms with Crippen molar-refractivity contribution in [2.75, 3.05) is 0 Å². The maximum atomic E-state index is 12.4. The first kappa shape index (κ1) is 12.2. The number of nitrogens with zero attached hydrogens (tertiary/aromatic N) is 1. The normalized spacial score (nSPS) is 24.6. The number of imide groups is 1. The Labute approximate surface area is 112 Å². The van der Waals surface area contributed by atoms with E-state index in [0.717, 1.165) is 31.2 Å². The van der Waals surface area contributed by atoms with Gasteiger partial charge >= 0.3 is 6.09 Å². The van der Waals surface area contributed by atoms with Crippen molar-refractivity contribution in [1.82, 2.24) is 4.90 Å². The van der Waals surface area contributed by atoms with Crippen molar-refractivity contribution < 1.29 is 14.3 Å². The molecule has 1 aliphatic heterocycles. The second-order valence-electron chi connectivity index (χ2n) is 5.17. The molecule has 100 valence electrons. The van der Waals surface area contributed by atoms with Crippen LogP contribution in [-0.4, -0.2) is 22.9 Å². The summed E-state index contributed by atoms with van der Waals surface area (Å²) in [6.07, 6.45) is 3.93. The van der Waals surface area contributed by atoms with Crippen LogP contribution < -0.4 is 0 Å². The molecule has 0 radical (unpaired) electrons. The monoisotopic (exact) mass is 259 g/mol. The van der Waals surface area contributed by atoms with Gasteiger partial charge in [-0.25, -0.2) is 9.69 Å². The molecule has 0 spiro atoms. The van der Waals surface area contributed by atoms with Gasteiger partial charge in [-0.2, -0.15) is 0 Å². The molecule has 1 aromatic carbocycles. The van der Waals surface area contributed by atoms with E-state index in [0.29, 0.717) is 0 Å². The molecule has 1 saturated heterocycles. The Hall–Kier alpha value is -1.84. The zero-order valence-electron chi connectivity index (χ0n) is 10.7. The Bertz CT molecular complexity index is 479. The summed E-state index contributed by atoms with van der Waals surface area (Å²) in [7, 11) is 0. The van der Waals surface area contributed by atoms with Crippen molar-refractivity contribution in [3.05, 3.63) is 35.9 Å². The molecule has 0 bridgehead atoms. The van der Waals surface area contributed by atoms with Crippen molar-refractivity contribution in [2.45, 2.75) is 44.2 Å². The number of carbonyl (C=O) groups is 2. The quantitative estimate of drug-likeness (QED) is 0.820. The fraction of sp³-hybridized carbons (Fsp3) is 0.467. The maximum Gasteiger partial charge on any atom is 0.418 e. The molecule has 1 unspecified atom stereocenters. The number of cyclic esters (lactones) is 1. The third kappa shape index (κ3) is 2.23. The minimum atomic E-state index is -0.754. The molecule has 19 heavy (non-hydrogen) atoms. The van der Waals surface area contributed by atoms with E-state index in [4.69, 9.17) is 4.74 Å². The first-order valence-corrected chi connectivity index (χ1v) is 6.86. The van der Waals surface area contributed by atoms with Crippen LogP contribution in [0, 0.1) is 0 Å². The lowest BCUT2D eigenvalue weighted by Crippen LogP contribution is -2.40. The van der Waals surface area contributed by atoms with E-state index in [1.807, 2.05) is 30.3 Å². The molecule has 4 heteroatoms. The van der Waals surface area contributed by atoms with Crippen LogP contribution in [-0.2, 0) is 9.53 Å². The van der Waals surface area contributed by atoms with Crippen LogP contribution in [0.4, 0.5) is 4.79 Å². The van der Waals surface area contributed by atoms with E-state index in [1.165, 1.54) is 11.3 Å². The lowest BCUT2D eigenvalue weighted by atomic mass is 9.94. The summed E-state index contributed by atoms with van der Waals surface area (Å²) in [4.78, 5) is 25.7. The van der Waals surface area contributed by atoms with E-state index < -0.39 is 12.2 Å². The van der Waals surface area contributed by atoms with Gasteiger partial charge in [0, 0.05) is 11.6 Å². The molecule has 1 aromatic rings. The molecule has 1 atom stereocenters. The number of ether oxygens (including phenoxy) is 1. The predicted octanol–water partition coefficient (Wildman–Crippen LogP) is 3.04. The summed E-state index contributed by atoms with van der Waals surface area (Å²) in [5, 5.41) is 0. The average molecular weight is 259 g/mol. The summed E-state index contributed by atoms with van der Waals surface area (Å²) < 4.78 is 5.26. The van der Waals surface area contributed by atoms with Gasteiger partial charge in [-0.05, 0) is 12.8 Å². The third-order valence-corrected chi connectivity index (χ3v) is 3.92. The van der Waals surface area contributed by atoms with Gasteiger partial charge in [0.15, 0.2) is 0 Å². The van der Waals surface area contributed by atoms with Crippen LogP contribution >= 0.6 is 0 Å². The number of benzene rings is 1. The molecule has 4 nitrogen and oxygen atoms in total. The van der Waals surface area contributed by atoms with Gasteiger partial charge in [-0.15, -0.1) is 0 Å². The predicted molar refractivity (Wildman–Crippen MR) is 69.4 cm³/mol. The summed E-state index contributed by atoms with van der Waals surface area (Å²) in [5.41, 5.74) is 0.749. The van der Waals surface area contributed by atoms with Crippen molar-refractivity contribution in [3.63, 3.8) is 0 Å². The molecular formula is C15H17NO3. The maximum absolute atomic E-state index is 12.4. The minimum absolute atomic E-state index is 0.0301. The molecular weight excluding hydrogens is 242 g/mol. The number of hydrogen-bond donors (Lipinski definition) is 0. The first-order valence-electron chi connectivity index (χ1n) is 6.86. The third-order valence-electron chi connectivity index (χ3n) is 3.92. The smallest absolute Gasteiger partial charge is 0.418 e. The zero-order valence-corrected chi connectivity index (χ0v) is 10.7. The van der Waals surface area contributed by atoms with Gasteiger partial charge in [0.25, 0.3) is 5.91 Å². The Morgan fingerprint density at radius 1 is 1.00 bits per heavy atom. The Kier molecular flexibility index (Phi) is 3.23. The van der Waals surface area contributed by atoms with E-state index in [1.54, 1.807) is 0 Å². The first-order chi connectivity index (χ1) is 9.27. The van der Waals surface area contributed by atoms with E-state index in [-0.39, 0.29) is 11.9 Å². The molecule has 2 fully saturated rings. The molecule has 2 aliphatic rings. The second kappa shape index (κ2) is 5.03. The van der Waals surface area contributed by atoms with Crippen LogP contribution in [0.15, 0.2) is 30.3 Å². The molecule has 1 aliphatic carbocycles. The number of carbonyl (C=O) groups excluding carboxylic acids is 2. The fourth-order valence-electron chi connectivity index (χ4n) is 2.93. The highest BCUT2D eigenvalue weighted by molar-refractivity contribution is 6.00. The minimum Gasteiger partial charge on any atom is -0.431 e. The molecule has 3 rings (SSSR count). The van der Waals surface area contributed by atoms with E-state index in [2.05, 4.69) is 0 Å². The highest BCUT2D eigenvalue weighted by Crippen LogP contribution is 2.33. The molecule has 2 amide bonds. The Morgan fingerprint density at radius 3 is 2.37 bits per heavy atom. The fourth-order valence-corrected chi connectivity index (χ4v) is 2.93. The SMILES string of the molecule is O=C1OC(c2ccccc2)C(=O)N1C1CCCCC1. The average Bonchev–Trinajstić information content (AvgIpc) is 2.76. The topological polar surface area (TPSA) is 46.6 Å². The summed E-state index contributed by atoms with van der Waals surface area (Å²) in [6, 6.07) is 9.24. The highest BCUT2D eigenvalue weighted by Gasteiger charge is 2.45. The summed E-state index contributed by atoms with van der Waals surface area (Å²) in [6.45, 7) is 0. The van der Waals surface area contributed by atoms with Crippen LogP contribution in [0.3, 0.4) is 0 Å². The second-order valence-corrected chi connectivity index (χ2v) is 5.17. The van der Waals surface area contributed by atoms with Crippen molar-refractivity contribution in [3.8, 4) is 0 Å². The lowest BCUT2D eigenvalue weighted by molar-refractivity contribution is -0.131. The standard InChI is InChI=1S/C15H17NO3/c17-14-13(11-7-3-1-4-8-11)19-15(18)16(14)12-9-5-2-6-10-12/h1,3-4,7-8,12-13H,2,5-6,9-10H2. The molecule has 0 N–H and O–H groups in total. The summed E-state index contributed by atoms with van der Waals surface area (Å²) >= 11 is 0.